The molecule has 2 aliphatic heterocycles. The second kappa shape index (κ2) is 10.4. The predicted octanol–water partition coefficient (Wildman–Crippen LogP) is 4.52. The average molecular weight is 516 g/mol. The quantitative estimate of drug-likeness (QED) is 0.587. The molecule has 0 saturated carbocycles. The zero-order chi connectivity index (χ0) is 26.2. The van der Waals surface area contributed by atoms with Gasteiger partial charge in [0, 0.05) is 37.6 Å². The van der Waals surface area contributed by atoms with E-state index in [9.17, 15) is 27.9 Å². The molecule has 2 saturated heterocycles. The summed E-state index contributed by atoms with van der Waals surface area (Å²) in [6, 6.07) is 7.52. The van der Waals surface area contributed by atoms with Crippen LogP contribution in [0.25, 0.3) is 0 Å². The van der Waals surface area contributed by atoms with Crippen LogP contribution < -0.4 is 0 Å². The van der Waals surface area contributed by atoms with Crippen LogP contribution in [0.5, 0.6) is 0 Å². The molecule has 1 aliphatic carbocycles. The summed E-state index contributed by atoms with van der Waals surface area (Å²) in [7, 11) is 0. The molecular formula is C28H32F3N3O3. The highest BCUT2D eigenvalue weighted by Gasteiger charge is 2.41. The van der Waals surface area contributed by atoms with Gasteiger partial charge in [-0.15, -0.1) is 0 Å². The summed E-state index contributed by atoms with van der Waals surface area (Å²) in [4.78, 5) is 33.4. The third-order valence-electron chi connectivity index (χ3n) is 8.04. The number of pyridine rings is 1. The molecule has 5 rings (SSSR count). The monoisotopic (exact) mass is 515 g/mol. The highest BCUT2D eigenvalue weighted by atomic mass is 19.4. The SMILES string of the molecule is O=C(O)[C@H](c1ccc(C(F)(F)F)cc1)N1CC[C@@H](C(=O)N2CC(CCc3ccc4c(n3)CCCC4)C2)C1. The van der Waals surface area contributed by atoms with Crippen molar-refractivity contribution in [2.75, 3.05) is 26.2 Å². The van der Waals surface area contributed by atoms with Crippen molar-refractivity contribution in [3.05, 3.63) is 64.5 Å². The van der Waals surface area contributed by atoms with Crippen molar-refractivity contribution < 1.29 is 27.9 Å². The van der Waals surface area contributed by atoms with E-state index in [1.54, 1.807) is 4.90 Å². The summed E-state index contributed by atoms with van der Waals surface area (Å²) in [6.45, 7) is 2.12. The highest BCUT2D eigenvalue weighted by Crippen LogP contribution is 2.34. The Morgan fingerprint density at radius 2 is 1.76 bits per heavy atom. The molecule has 2 fully saturated rings. The molecule has 1 aromatic heterocycles. The van der Waals surface area contributed by atoms with E-state index in [1.165, 1.54) is 36.2 Å². The number of carbonyl (C=O) groups excluding carboxylic acids is 1. The van der Waals surface area contributed by atoms with Crippen LogP contribution in [0.3, 0.4) is 0 Å². The van der Waals surface area contributed by atoms with Crippen molar-refractivity contribution in [2.24, 2.45) is 11.8 Å². The Morgan fingerprint density at radius 3 is 2.46 bits per heavy atom. The molecule has 9 heteroatoms. The van der Waals surface area contributed by atoms with Gasteiger partial charge in [0.15, 0.2) is 0 Å². The maximum Gasteiger partial charge on any atom is 0.416 e. The normalized spacial score (nSPS) is 21.4. The minimum absolute atomic E-state index is 0.0437. The lowest BCUT2D eigenvalue weighted by Gasteiger charge is -2.41. The molecule has 1 amide bonds. The molecule has 37 heavy (non-hydrogen) atoms. The van der Waals surface area contributed by atoms with Gasteiger partial charge in [-0.25, -0.2) is 0 Å². The summed E-state index contributed by atoms with van der Waals surface area (Å²) in [5.74, 6) is -0.937. The summed E-state index contributed by atoms with van der Waals surface area (Å²) in [5.41, 5.74) is 3.22. The number of alkyl halides is 3. The fourth-order valence-electron chi connectivity index (χ4n) is 5.90. The van der Waals surface area contributed by atoms with Crippen LogP contribution in [0.1, 0.15) is 59.8 Å². The van der Waals surface area contributed by atoms with Crippen LogP contribution in [0, 0.1) is 11.8 Å². The lowest BCUT2D eigenvalue weighted by Crippen LogP contribution is -2.52. The fraction of sp³-hybridized carbons (Fsp3) is 0.536. The highest BCUT2D eigenvalue weighted by molar-refractivity contribution is 5.81. The van der Waals surface area contributed by atoms with Gasteiger partial charge in [0.1, 0.15) is 6.04 Å². The minimum Gasteiger partial charge on any atom is -0.480 e. The largest absolute Gasteiger partial charge is 0.480 e. The Labute approximate surface area is 214 Å². The van der Waals surface area contributed by atoms with Crippen molar-refractivity contribution in [1.29, 1.82) is 0 Å². The van der Waals surface area contributed by atoms with Crippen LogP contribution >= 0.6 is 0 Å². The van der Waals surface area contributed by atoms with Crippen molar-refractivity contribution in [3.63, 3.8) is 0 Å². The second-order valence-electron chi connectivity index (χ2n) is 10.6. The number of carboxylic acids is 1. The molecule has 2 aromatic rings. The number of aromatic nitrogens is 1. The molecule has 3 aliphatic rings. The van der Waals surface area contributed by atoms with E-state index < -0.39 is 23.8 Å². The van der Waals surface area contributed by atoms with Gasteiger partial charge in [-0.2, -0.15) is 13.2 Å². The van der Waals surface area contributed by atoms with E-state index in [1.807, 2.05) is 4.90 Å². The number of aryl methyl sites for hydroxylation is 3. The zero-order valence-corrected chi connectivity index (χ0v) is 20.7. The molecule has 198 valence electrons. The second-order valence-corrected chi connectivity index (χ2v) is 10.6. The maximum absolute atomic E-state index is 13.1. The number of nitrogens with zero attached hydrogens (tertiary/aromatic N) is 3. The standard InChI is InChI=1S/C28H32F3N3O3/c29-28(30,31)22-9-6-20(7-10-22)25(27(36)37)33-14-13-21(17-33)26(35)34-15-18(16-34)5-11-23-12-8-19-3-1-2-4-24(19)32-23/h6-10,12,18,21,25H,1-5,11,13-17H2,(H,36,37)/t21-,25+/m1/s1. The van der Waals surface area contributed by atoms with Crippen molar-refractivity contribution in [3.8, 4) is 0 Å². The number of carboxylic acid groups (broad SMARTS) is 1. The smallest absolute Gasteiger partial charge is 0.416 e. The van der Waals surface area contributed by atoms with E-state index >= 15 is 0 Å². The van der Waals surface area contributed by atoms with Crippen LogP contribution in [-0.4, -0.2) is 57.9 Å². The van der Waals surface area contributed by atoms with E-state index in [-0.39, 0.29) is 23.9 Å². The molecule has 1 aromatic carbocycles. The van der Waals surface area contributed by atoms with Crippen LogP contribution in [-0.2, 0) is 35.0 Å². The summed E-state index contributed by atoms with van der Waals surface area (Å²) in [5, 5.41) is 9.80. The number of likely N-dealkylation sites (tertiary alicyclic amines) is 2. The Balaban J connectivity index is 1.11. The van der Waals surface area contributed by atoms with Crippen LogP contribution in [0.15, 0.2) is 36.4 Å². The molecule has 3 heterocycles. The number of hydrogen-bond acceptors (Lipinski definition) is 4. The lowest BCUT2D eigenvalue weighted by molar-refractivity contribution is -0.145. The van der Waals surface area contributed by atoms with Crippen molar-refractivity contribution in [1.82, 2.24) is 14.8 Å². The number of amides is 1. The molecule has 6 nitrogen and oxygen atoms in total. The Hall–Kier alpha value is -2.94. The topological polar surface area (TPSA) is 73.7 Å². The molecule has 0 spiro atoms. The zero-order valence-electron chi connectivity index (χ0n) is 20.7. The number of rotatable bonds is 7. The van der Waals surface area contributed by atoms with Gasteiger partial charge in [-0.1, -0.05) is 18.2 Å². The number of hydrogen-bond donors (Lipinski definition) is 1. The first-order valence-corrected chi connectivity index (χ1v) is 13.1. The lowest BCUT2D eigenvalue weighted by atomic mass is 9.91. The average Bonchev–Trinajstić information content (AvgIpc) is 3.32. The summed E-state index contributed by atoms with van der Waals surface area (Å²) < 4.78 is 38.7. The van der Waals surface area contributed by atoms with Gasteiger partial charge in [-0.05, 0) is 80.2 Å². The van der Waals surface area contributed by atoms with Crippen LogP contribution in [0.4, 0.5) is 13.2 Å². The van der Waals surface area contributed by atoms with E-state index in [0.29, 0.717) is 32.0 Å². The Morgan fingerprint density at radius 1 is 1.03 bits per heavy atom. The number of benzene rings is 1. The first-order chi connectivity index (χ1) is 17.7. The Bertz CT molecular complexity index is 1150. The fourth-order valence-corrected chi connectivity index (χ4v) is 5.90. The van der Waals surface area contributed by atoms with Gasteiger partial charge >= 0.3 is 12.1 Å². The van der Waals surface area contributed by atoms with Crippen molar-refractivity contribution in [2.45, 2.75) is 57.2 Å². The summed E-state index contributed by atoms with van der Waals surface area (Å²) in [6.07, 6.45) is 2.60. The van der Waals surface area contributed by atoms with E-state index in [2.05, 4.69) is 12.1 Å². The minimum atomic E-state index is -4.48. The molecule has 0 unspecified atom stereocenters. The summed E-state index contributed by atoms with van der Waals surface area (Å²) >= 11 is 0. The molecule has 1 N–H and O–H groups in total. The number of halogens is 3. The maximum atomic E-state index is 13.1. The third kappa shape index (κ3) is 5.66. The first kappa shape index (κ1) is 25.7. The third-order valence-corrected chi connectivity index (χ3v) is 8.04. The first-order valence-electron chi connectivity index (χ1n) is 13.1. The van der Waals surface area contributed by atoms with Crippen LogP contribution in [0.2, 0.25) is 0 Å². The van der Waals surface area contributed by atoms with Gasteiger partial charge in [0.2, 0.25) is 5.91 Å². The van der Waals surface area contributed by atoms with Gasteiger partial charge in [-0.3, -0.25) is 19.5 Å². The van der Waals surface area contributed by atoms with Crippen molar-refractivity contribution >= 4 is 11.9 Å². The van der Waals surface area contributed by atoms with Gasteiger partial charge in [0.25, 0.3) is 0 Å². The molecule has 0 radical (unpaired) electrons. The van der Waals surface area contributed by atoms with E-state index in [0.717, 1.165) is 43.5 Å². The number of carbonyl (C=O) groups is 2. The number of aliphatic carboxylic acids is 1. The van der Waals surface area contributed by atoms with E-state index in [4.69, 9.17) is 4.98 Å². The Kier molecular flexibility index (Phi) is 7.25. The van der Waals surface area contributed by atoms with Gasteiger partial charge < -0.3 is 10.0 Å². The molecule has 2 atom stereocenters. The molecule has 0 bridgehead atoms. The number of fused-ring (bicyclic) bond motifs is 1. The molecular weight excluding hydrogens is 483 g/mol. The predicted molar refractivity (Wildman–Crippen MR) is 131 cm³/mol. The van der Waals surface area contributed by atoms with Gasteiger partial charge in [0.05, 0.1) is 11.5 Å².